The van der Waals surface area contributed by atoms with Crippen molar-refractivity contribution in [2.75, 3.05) is 6.61 Å². The number of hydrogen-bond acceptors (Lipinski definition) is 4. The Balaban J connectivity index is 1.80. The highest BCUT2D eigenvalue weighted by Crippen LogP contribution is 2.56. The number of Topliss-reactive ketones (excluding diaryl/α,β-unsaturated/α-hetero) is 2. The van der Waals surface area contributed by atoms with Crippen LogP contribution >= 0.6 is 15.9 Å². The number of halogens is 1. The van der Waals surface area contributed by atoms with E-state index in [4.69, 9.17) is 4.74 Å². The maximum absolute atomic E-state index is 14.0. The highest BCUT2D eigenvalue weighted by molar-refractivity contribution is 9.10. The lowest BCUT2D eigenvalue weighted by Gasteiger charge is -2.49. The fourth-order valence-corrected chi connectivity index (χ4v) is 6.73. The van der Waals surface area contributed by atoms with Gasteiger partial charge < -0.3 is 9.64 Å². The van der Waals surface area contributed by atoms with Gasteiger partial charge in [0, 0.05) is 57.9 Å². The summed E-state index contributed by atoms with van der Waals surface area (Å²) >= 11 is 3.64. The summed E-state index contributed by atoms with van der Waals surface area (Å²) in [5, 5.41) is 0. The fourth-order valence-electron chi connectivity index (χ4n) is 6.35. The van der Waals surface area contributed by atoms with Gasteiger partial charge in [0.15, 0.2) is 11.6 Å². The molecule has 0 N–H and O–H groups in total. The summed E-state index contributed by atoms with van der Waals surface area (Å²) in [4.78, 5) is 30.4. The van der Waals surface area contributed by atoms with Crippen LogP contribution in [0.15, 0.2) is 75.5 Å². The van der Waals surface area contributed by atoms with E-state index in [2.05, 4.69) is 72.8 Å². The van der Waals surface area contributed by atoms with E-state index in [1.165, 1.54) is 5.56 Å². The van der Waals surface area contributed by atoms with Crippen molar-refractivity contribution >= 4 is 27.5 Å². The van der Waals surface area contributed by atoms with E-state index >= 15 is 0 Å². The smallest absolute Gasteiger partial charge is 0.162 e. The molecule has 3 aliphatic rings. The first-order valence-corrected chi connectivity index (χ1v) is 14.1. The summed E-state index contributed by atoms with van der Waals surface area (Å²) in [6.45, 7) is 11.8. The number of hydrogen-bond donors (Lipinski definition) is 0. The molecule has 5 rings (SSSR count). The molecule has 0 atom stereocenters. The molecule has 1 heterocycles. The van der Waals surface area contributed by atoms with E-state index in [1.807, 2.05) is 31.2 Å². The standard InChI is InChI=1S/C32H36BrNO3/c1-6-37-27-13-12-21(33)14-22(27)28-29-23(15-31(2,3)17-25(29)35)34(19-20-10-8-7-9-11-20)24-16-32(4,5)18-26(36)30(24)28/h7-14,28H,6,15-19H2,1-5H3. The molecule has 5 heteroatoms. The number of ether oxygens (including phenoxy) is 1. The Bertz CT molecular complexity index is 1260. The maximum atomic E-state index is 14.0. The predicted octanol–water partition coefficient (Wildman–Crippen LogP) is 7.73. The fraction of sp³-hybridized carbons (Fsp3) is 0.438. The van der Waals surface area contributed by atoms with E-state index < -0.39 is 5.92 Å². The Morgan fingerprint density at radius 3 is 1.97 bits per heavy atom. The Kier molecular flexibility index (Phi) is 6.72. The Labute approximate surface area is 228 Å². The van der Waals surface area contributed by atoms with Gasteiger partial charge in [0.1, 0.15) is 5.75 Å². The Hall–Kier alpha value is -2.66. The van der Waals surface area contributed by atoms with Gasteiger partial charge in [0.25, 0.3) is 0 Å². The number of allylic oxidation sites excluding steroid dienone is 4. The highest BCUT2D eigenvalue weighted by Gasteiger charge is 2.49. The lowest BCUT2D eigenvalue weighted by molar-refractivity contribution is -0.119. The molecule has 0 amide bonds. The van der Waals surface area contributed by atoms with Crippen LogP contribution in [-0.4, -0.2) is 23.1 Å². The Morgan fingerprint density at radius 1 is 0.865 bits per heavy atom. The van der Waals surface area contributed by atoms with Gasteiger partial charge in [0.2, 0.25) is 0 Å². The van der Waals surface area contributed by atoms with Gasteiger partial charge >= 0.3 is 0 Å². The minimum absolute atomic E-state index is 0.140. The monoisotopic (exact) mass is 561 g/mol. The topological polar surface area (TPSA) is 46.6 Å². The zero-order valence-corrected chi connectivity index (χ0v) is 24.1. The van der Waals surface area contributed by atoms with Crippen molar-refractivity contribution < 1.29 is 14.3 Å². The average molecular weight is 563 g/mol. The first-order chi connectivity index (χ1) is 17.5. The van der Waals surface area contributed by atoms with Crippen LogP contribution in [-0.2, 0) is 16.1 Å². The molecule has 2 aromatic carbocycles. The third-order valence-electron chi connectivity index (χ3n) is 7.79. The summed E-state index contributed by atoms with van der Waals surface area (Å²) in [5.74, 6) is 0.603. The van der Waals surface area contributed by atoms with Crippen LogP contribution in [0.2, 0.25) is 0 Å². The molecule has 1 aliphatic heterocycles. The van der Waals surface area contributed by atoms with Crippen molar-refractivity contribution in [2.24, 2.45) is 10.8 Å². The maximum Gasteiger partial charge on any atom is 0.162 e. The van der Waals surface area contributed by atoms with E-state index in [9.17, 15) is 9.59 Å². The molecule has 0 aromatic heterocycles. The lowest BCUT2D eigenvalue weighted by atomic mass is 9.63. The number of carbonyl (C=O) groups is 2. The lowest BCUT2D eigenvalue weighted by Crippen LogP contribution is -2.44. The van der Waals surface area contributed by atoms with Gasteiger partial charge in [-0.1, -0.05) is 74.0 Å². The second kappa shape index (κ2) is 9.58. The van der Waals surface area contributed by atoms with Crippen LogP contribution in [0.5, 0.6) is 5.75 Å². The second-order valence-electron chi connectivity index (χ2n) is 12.2. The SMILES string of the molecule is CCOc1ccc(Br)cc1C1C2=C(CC(C)(C)CC2=O)N(Cc2ccccc2)C2=C1C(=O)CC(C)(C)C2. The van der Waals surface area contributed by atoms with Crippen LogP contribution in [0.25, 0.3) is 0 Å². The van der Waals surface area contributed by atoms with Gasteiger partial charge in [-0.2, -0.15) is 0 Å². The molecular weight excluding hydrogens is 526 g/mol. The molecule has 0 bridgehead atoms. The molecule has 2 aliphatic carbocycles. The number of ketones is 2. The first-order valence-electron chi connectivity index (χ1n) is 13.3. The van der Waals surface area contributed by atoms with Crippen LogP contribution in [0.4, 0.5) is 0 Å². The minimum Gasteiger partial charge on any atom is -0.494 e. The molecule has 37 heavy (non-hydrogen) atoms. The third kappa shape index (κ3) is 4.95. The van der Waals surface area contributed by atoms with Gasteiger partial charge in [-0.05, 0) is 54.4 Å². The average Bonchev–Trinajstić information content (AvgIpc) is 2.80. The largest absolute Gasteiger partial charge is 0.494 e. The number of carbonyl (C=O) groups excluding carboxylic acids is 2. The van der Waals surface area contributed by atoms with Crippen LogP contribution in [0, 0.1) is 10.8 Å². The molecule has 0 fully saturated rings. The summed E-state index contributed by atoms with van der Waals surface area (Å²) in [6, 6.07) is 16.3. The van der Waals surface area contributed by atoms with E-state index in [0.717, 1.165) is 51.2 Å². The third-order valence-corrected chi connectivity index (χ3v) is 8.28. The number of rotatable bonds is 5. The van der Waals surface area contributed by atoms with Crippen molar-refractivity contribution in [2.45, 2.75) is 72.8 Å². The zero-order chi connectivity index (χ0) is 26.5. The second-order valence-corrected chi connectivity index (χ2v) is 13.1. The molecule has 2 aromatic rings. The molecule has 0 saturated heterocycles. The van der Waals surface area contributed by atoms with Crippen molar-refractivity contribution in [1.29, 1.82) is 0 Å². The van der Waals surface area contributed by atoms with Crippen molar-refractivity contribution in [3.8, 4) is 5.75 Å². The quantitative estimate of drug-likeness (QED) is 0.374. The van der Waals surface area contributed by atoms with Crippen LogP contribution in [0.1, 0.15) is 77.3 Å². The molecule has 0 saturated carbocycles. The van der Waals surface area contributed by atoms with Gasteiger partial charge in [-0.3, -0.25) is 9.59 Å². The van der Waals surface area contributed by atoms with Crippen molar-refractivity contribution in [3.63, 3.8) is 0 Å². The summed E-state index contributed by atoms with van der Waals surface area (Å²) in [6.07, 6.45) is 2.53. The molecule has 0 spiro atoms. The predicted molar refractivity (Wildman–Crippen MR) is 150 cm³/mol. The molecule has 194 valence electrons. The molecule has 4 nitrogen and oxygen atoms in total. The highest BCUT2D eigenvalue weighted by atomic mass is 79.9. The summed E-state index contributed by atoms with van der Waals surface area (Å²) in [7, 11) is 0. The van der Waals surface area contributed by atoms with E-state index in [0.29, 0.717) is 26.0 Å². The van der Waals surface area contributed by atoms with Crippen molar-refractivity contribution in [3.05, 3.63) is 86.7 Å². The molecular formula is C32H36BrNO3. The van der Waals surface area contributed by atoms with Crippen molar-refractivity contribution in [1.82, 2.24) is 4.90 Å². The van der Waals surface area contributed by atoms with Crippen LogP contribution < -0.4 is 4.74 Å². The zero-order valence-electron chi connectivity index (χ0n) is 22.5. The molecule has 0 radical (unpaired) electrons. The minimum atomic E-state index is -0.414. The van der Waals surface area contributed by atoms with E-state index in [-0.39, 0.29) is 22.4 Å². The van der Waals surface area contributed by atoms with Gasteiger partial charge in [0.05, 0.1) is 6.61 Å². The van der Waals surface area contributed by atoms with Crippen LogP contribution in [0.3, 0.4) is 0 Å². The van der Waals surface area contributed by atoms with Gasteiger partial charge in [-0.25, -0.2) is 0 Å². The summed E-state index contributed by atoms with van der Waals surface area (Å²) < 4.78 is 6.99. The number of nitrogens with zero attached hydrogens (tertiary/aromatic N) is 1. The number of benzene rings is 2. The van der Waals surface area contributed by atoms with E-state index in [1.54, 1.807) is 0 Å². The van der Waals surface area contributed by atoms with Gasteiger partial charge in [-0.15, -0.1) is 0 Å². The Morgan fingerprint density at radius 2 is 1.43 bits per heavy atom. The molecule has 0 unspecified atom stereocenters. The normalized spacial score (nSPS) is 21.2. The summed E-state index contributed by atoms with van der Waals surface area (Å²) in [5.41, 5.74) is 5.47. The first kappa shape index (κ1) is 26.0.